The van der Waals surface area contributed by atoms with Crippen molar-refractivity contribution in [1.29, 1.82) is 0 Å². The minimum absolute atomic E-state index is 0.250. The second kappa shape index (κ2) is 6.41. The first-order valence-corrected chi connectivity index (χ1v) is 1.94. The van der Waals surface area contributed by atoms with Crippen LogP contribution >= 0.6 is 0 Å². The van der Waals surface area contributed by atoms with Gasteiger partial charge in [0.15, 0.2) is 0 Å². The zero-order chi connectivity index (χ0) is 6.95. The number of hydrogen-bond donors (Lipinski definition) is 1. The van der Waals surface area contributed by atoms with Gasteiger partial charge in [-0.05, 0) is 10.4 Å². The van der Waals surface area contributed by atoms with Gasteiger partial charge >= 0.3 is 0 Å². The van der Waals surface area contributed by atoms with E-state index in [1.165, 1.54) is 12.4 Å². The number of rotatable bonds is 0. The summed E-state index contributed by atoms with van der Waals surface area (Å²) in [6, 6.07) is 0. The van der Waals surface area contributed by atoms with Gasteiger partial charge in [-0.3, -0.25) is 4.79 Å². The molecule has 6 heteroatoms. The van der Waals surface area contributed by atoms with Gasteiger partial charge in [-0.1, -0.05) is 0 Å². The molecule has 1 heterocycles. The molecule has 0 saturated carbocycles. The Morgan fingerprint density at radius 3 is 1.67 bits per heavy atom. The van der Waals surface area contributed by atoms with Gasteiger partial charge in [0, 0.05) is 0 Å². The second-order valence-corrected chi connectivity index (χ2v) is 0.813. The Morgan fingerprint density at radius 1 is 1.22 bits per heavy atom. The van der Waals surface area contributed by atoms with E-state index in [2.05, 4.69) is 20.6 Å². The Hall–Kier alpha value is -1.59. The topological polar surface area (TPSA) is 88.9 Å². The van der Waals surface area contributed by atoms with Crippen molar-refractivity contribution in [3.63, 3.8) is 0 Å². The van der Waals surface area contributed by atoms with E-state index in [4.69, 9.17) is 9.90 Å². The molecule has 0 unspecified atom stereocenters. The highest BCUT2D eigenvalue weighted by Gasteiger charge is 1.61. The van der Waals surface area contributed by atoms with Gasteiger partial charge in [0.1, 0.15) is 0 Å². The van der Waals surface area contributed by atoms with Crippen LogP contribution in [0.25, 0.3) is 0 Å². The Balaban J connectivity index is 0.000000187. The lowest BCUT2D eigenvalue weighted by Gasteiger charge is -1.67. The molecule has 48 valence electrons. The van der Waals surface area contributed by atoms with Crippen molar-refractivity contribution in [2.24, 2.45) is 0 Å². The van der Waals surface area contributed by atoms with Crippen molar-refractivity contribution in [1.82, 2.24) is 20.6 Å². The standard InChI is InChI=1S/C2H2N4.CH2O2/c1-2-4-6-5-3-1;2-1-3/h1-2H;1H,(H,2,3). The summed E-state index contributed by atoms with van der Waals surface area (Å²) >= 11 is 0. The lowest BCUT2D eigenvalue weighted by Crippen LogP contribution is -1.84. The van der Waals surface area contributed by atoms with Crippen LogP contribution in [0.15, 0.2) is 12.4 Å². The van der Waals surface area contributed by atoms with Crippen LogP contribution in [0.1, 0.15) is 0 Å². The molecule has 0 saturated heterocycles. The smallest absolute Gasteiger partial charge is 0.290 e. The molecule has 1 rings (SSSR count). The molecule has 1 aromatic heterocycles. The highest BCUT2D eigenvalue weighted by Crippen LogP contribution is 1.53. The lowest BCUT2D eigenvalue weighted by molar-refractivity contribution is -0.122. The second-order valence-electron chi connectivity index (χ2n) is 0.813. The van der Waals surface area contributed by atoms with Crippen LogP contribution in [0.4, 0.5) is 0 Å². The molecule has 0 fully saturated rings. The fourth-order valence-corrected chi connectivity index (χ4v) is 0.165. The summed E-state index contributed by atoms with van der Waals surface area (Å²) in [7, 11) is 0. The van der Waals surface area contributed by atoms with E-state index in [1.54, 1.807) is 0 Å². The molecule has 0 spiro atoms. The molecule has 6 nitrogen and oxygen atoms in total. The number of carbonyl (C=O) groups is 1. The van der Waals surface area contributed by atoms with E-state index in [0.29, 0.717) is 0 Å². The molecule has 0 aliphatic rings. The average Bonchev–Trinajstić information content (AvgIpc) is 1.93. The molecule has 1 aromatic rings. The minimum atomic E-state index is -0.250. The van der Waals surface area contributed by atoms with Crippen molar-refractivity contribution in [3.05, 3.63) is 12.4 Å². The van der Waals surface area contributed by atoms with Crippen molar-refractivity contribution in [2.45, 2.75) is 0 Å². The summed E-state index contributed by atoms with van der Waals surface area (Å²) in [5, 5.41) is 20.0. The van der Waals surface area contributed by atoms with E-state index in [0.717, 1.165) is 0 Å². The van der Waals surface area contributed by atoms with Crippen LogP contribution in [0, 0.1) is 0 Å². The van der Waals surface area contributed by atoms with E-state index in [-0.39, 0.29) is 6.47 Å². The number of aromatic nitrogens is 4. The number of nitrogens with zero attached hydrogens (tertiary/aromatic N) is 4. The first kappa shape index (κ1) is 7.41. The monoisotopic (exact) mass is 128 g/mol. The average molecular weight is 128 g/mol. The van der Waals surface area contributed by atoms with Crippen LogP contribution in [0.2, 0.25) is 0 Å². The van der Waals surface area contributed by atoms with Gasteiger partial charge in [0.2, 0.25) is 0 Å². The van der Waals surface area contributed by atoms with Crippen molar-refractivity contribution in [2.75, 3.05) is 0 Å². The predicted octanol–water partition coefficient (Wildman–Crippen LogP) is -1.03. The van der Waals surface area contributed by atoms with Crippen LogP contribution < -0.4 is 0 Å². The zero-order valence-corrected chi connectivity index (χ0v) is 4.38. The Kier molecular flexibility index (Phi) is 5.28. The molecule has 0 atom stereocenters. The van der Waals surface area contributed by atoms with E-state index in [9.17, 15) is 0 Å². The largest absolute Gasteiger partial charge is 0.483 e. The fourth-order valence-electron chi connectivity index (χ4n) is 0.165. The van der Waals surface area contributed by atoms with Crippen LogP contribution in [0.3, 0.4) is 0 Å². The van der Waals surface area contributed by atoms with Gasteiger partial charge in [0.25, 0.3) is 6.47 Å². The lowest BCUT2D eigenvalue weighted by atomic mass is 11.0. The van der Waals surface area contributed by atoms with Crippen LogP contribution in [-0.4, -0.2) is 32.2 Å². The van der Waals surface area contributed by atoms with E-state index in [1.807, 2.05) is 0 Å². The molecule has 0 aliphatic heterocycles. The maximum Gasteiger partial charge on any atom is 0.290 e. The molecular formula is C3H4N4O2. The Labute approximate surface area is 50.5 Å². The van der Waals surface area contributed by atoms with Gasteiger partial charge in [-0.15, -0.1) is 10.2 Å². The SMILES string of the molecule is O=CO.c1cnnnn1. The number of hydrogen-bond acceptors (Lipinski definition) is 5. The Bertz CT molecular complexity index is 117. The van der Waals surface area contributed by atoms with Gasteiger partial charge in [-0.25, -0.2) is 0 Å². The van der Waals surface area contributed by atoms with Gasteiger partial charge in [-0.2, -0.15) is 0 Å². The summed E-state index contributed by atoms with van der Waals surface area (Å²) in [6.07, 6.45) is 2.93. The Morgan fingerprint density at radius 2 is 1.56 bits per heavy atom. The minimum Gasteiger partial charge on any atom is -0.483 e. The van der Waals surface area contributed by atoms with Gasteiger partial charge < -0.3 is 5.11 Å². The summed E-state index contributed by atoms with van der Waals surface area (Å²) in [5.74, 6) is 0. The molecule has 0 bridgehead atoms. The summed E-state index contributed by atoms with van der Waals surface area (Å²) in [6.45, 7) is -0.250. The quantitative estimate of drug-likeness (QED) is 0.449. The molecule has 0 amide bonds. The molecule has 9 heavy (non-hydrogen) atoms. The fraction of sp³-hybridized carbons (Fsp3) is 0. The molecule has 0 aromatic carbocycles. The molecule has 0 radical (unpaired) electrons. The predicted molar refractivity (Wildman–Crippen MR) is 26.3 cm³/mol. The van der Waals surface area contributed by atoms with E-state index >= 15 is 0 Å². The maximum absolute atomic E-state index is 8.36. The first-order chi connectivity index (χ1) is 4.41. The third-order valence-corrected chi connectivity index (χ3v) is 0.343. The molecule has 1 N–H and O–H groups in total. The van der Waals surface area contributed by atoms with Crippen molar-refractivity contribution < 1.29 is 9.90 Å². The summed E-state index contributed by atoms with van der Waals surface area (Å²) in [5.41, 5.74) is 0. The number of carboxylic acid groups (broad SMARTS) is 1. The third kappa shape index (κ3) is 6.41. The van der Waals surface area contributed by atoms with Gasteiger partial charge in [0.05, 0.1) is 12.4 Å². The highest BCUT2D eigenvalue weighted by atomic mass is 16.3. The highest BCUT2D eigenvalue weighted by molar-refractivity contribution is 5.32. The molecular weight excluding hydrogens is 124 g/mol. The first-order valence-electron chi connectivity index (χ1n) is 1.94. The molecule has 0 aliphatic carbocycles. The van der Waals surface area contributed by atoms with E-state index < -0.39 is 0 Å². The summed E-state index contributed by atoms with van der Waals surface area (Å²) in [4.78, 5) is 8.36. The van der Waals surface area contributed by atoms with Crippen molar-refractivity contribution in [3.8, 4) is 0 Å². The zero-order valence-electron chi connectivity index (χ0n) is 4.38. The van der Waals surface area contributed by atoms with Crippen molar-refractivity contribution >= 4 is 6.47 Å². The van der Waals surface area contributed by atoms with Crippen LogP contribution in [0.5, 0.6) is 0 Å². The summed E-state index contributed by atoms with van der Waals surface area (Å²) < 4.78 is 0. The normalized spacial score (nSPS) is 6.67. The third-order valence-electron chi connectivity index (χ3n) is 0.343. The maximum atomic E-state index is 8.36. The van der Waals surface area contributed by atoms with Crippen LogP contribution in [-0.2, 0) is 4.79 Å².